The number of hydrogen-bond donors (Lipinski definition) is 1. The summed E-state index contributed by atoms with van der Waals surface area (Å²) < 4.78 is 38.6. The van der Waals surface area contributed by atoms with Crippen LogP contribution in [0.4, 0.5) is 18.9 Å². The topological polar surface area (TPSA) is 48.7 Å². The van der Waals surface area contributed by atoms with E-state index in [4.69, 9.17) is 5.26 Å². The molecule has 1 heterocycles. The molecule has 3 nitrogen and oxygen atoms in total. The summed E-state index contributed by atoms with van der Waals surface area (Å²) in [4.78, 5) is 3.98. The highest BCUT2D eigenvalue weighted by atomic mass is 32.1. The van der Waals surface area contributed by atoms with Crippen molar-refractivity contribution in [2.45, 2.75) is 12.7 Å². The van der Waals surface area contributed by atoms with Crippen LogP contribution < -0.4 is 5.32 Å². The van der Waals surface area contributed by atoms with Crippen molar-refractivity contribution < 1.29 is 13.2 Å². The Morgan fingerprint density at radius 3 is 2.74 bits per heavy atom. The van der Waals surface area contributed by atoms with Crippen LogP contribution in [0, 0.1) is 11.3 Å². The standard InChI is InChI=1S/C12H8F3N3S/c13-12(14,15)10-3-8(4-16)1-2-11(10)17-5-9-6-19-7-18-9/h1-3,6-7,17H,5H2. The summed E-state index contributed by atoms with van der Waals surface area (Å²) in [6, 6.07) is 5.14. The van der Waals surface area contributed by atoms with Gasteiger partial charge in [0.25, 0.3) is 0 Å². The van der Waals surface area contributed by atoms with Gasteiger partial charge in [-0.3, -0.25) is 0 Å². The second-order valence-electron chi connectivity index (χ2n) is 3.70. The van der Waals surface area contributed by atoms with Crippen molar-refractivity contribution in [3.05, 3.63) is 45.9 Å². The minimum atomic E-state index is -4.50. The van der Waals surface area contributed by atoms with E-state index in [0.717, 1.165) is 6.07 Å². The van der Waals surface area contributed by atoms with E-state index in [1.54, 1.807) is 17.0 Å². The Morgan fingerprint density at radius 1 is 1.37 bits per heavy atom. The highest BCUT2D eigenvalue weighted by Crippen LogP contribution is 2.35. The molecule has 7 heteroatoms. The third kappa shape index (κ3) is 3.23. The molecule has 0 saturated heterocycles. The van der Waals surface area contributed by atoms with Crippen LogP contribution in [0.15, 0.2) is 29.1 Å². The molecule has 98 valence electrons. The molecule has 19 heavy (non-hydrogen) atoms. The zero-order valence-electron chi connectivity index (χ0n) is 9.53. The second kappa shape index (κ2) is 5.28. The van der Waals surface area contributed by atoms with Gasteiger partial charge in [-0.05, 0) is 18.2 Å². The van der Waals surface area contributed by atoms with Gasteiger partial charge in [0, 0.05) is 11.1 Å². The summed E-state index contributed by atoms with van der Waals surface area (Å²) in [5, 5.41) is 13.1. The molecule has 0 aliphatic heterocycles. The van der Waals surface area contributed by atoms with Crippen LogP contribution in [0.3, 0.4) is 0 Å². The predicted octanol–water partition coefficient (Wildman–Crippen LogP) is 3.65. The lowest BCUT2D eigenvalue weighted by atomic mass is 10.1. The van der Waals surface area contributed by atoms with Crippen LogP contribution in [0.5, 0.6) is 0 Å². The number of nitrogens with one attached hydrogen (secondary N) is 1. The average molecular weight is 283 g/mol. The van der Waals surface area contributed by atoms with E-state index in [1.807, 2.05) is 0 Å². The van der Waals surface area contributed by atoms with Crippen LogP contribution in [-0.2, 0) is 12.7 Å². The fourth-order valence-electron chi connectivity index (χ4n) is 1.51. The molecule has 0 aliphatic rings. The number of nitrogens with zero attached hydrogens (tertiary/aromatic N) is 2. The van der Waals surface area contributed by atoms with Crippen LogP contribution in [-0.4, -0.2) is 4.98 Å². The first-order chi connectivity index (χ1) is 9.00. The van der Waals surface area contributed by atoms with Gasteiger partial charge in [-0.1, -0.05) is 0 Å². The molecule has 0 bridgehead atoms. The Morgan fingerprint density at radius 2 is 2.16 bits per heavy atom. The molecule has 0 aliphatic carbocycles. The lowest BCUT2D eigenvalue weighted by Gasteiger charge is -2.14. The molecule has 0 amide bonds. The molecule has 1 N–H and O–H groups in total. The molecule has 2 aromatic rings. The minimum absolute atomic E-state index is 0.0217. The Labute approximate surface area is 111 Å². The molecule has 0 radical (unpaired) electrons. The zero-order chi connectivity index (χ0) is 13.9. The van der Waals surface area contributed by atoms with Gasteiger partial charge < -0.3 is 5.32 Å². The van der Waals surface area contributed by atoms with Gasteiger partial charge >= 0.3 is 6.18 Å². The maximum absolute atomic E-state index is 12.9. The molecule has 0 saturated carbocycles. The van der Waals surface area contributed by atoms with Gasteiger partial charge in [-0.25, -0.2) is 4.98 Å². The van der Waals surface area contributed by atoms with Crippen LogP contribution >= 0.6 is 11.3 Å². The summed E-state index contributed by atoms with van der Waals surface area (Å²) in [5.74, 6) is 0. The van der Waals surface area contributed by atoms with E-state index < -0.39 is 11.7 Å². The number of anilines is 1. The van der Waals surface area contributed by atoms with E-state index >= 15 is 0 Å². The van der Waals surface area contributed by atoms with E-state index in [9.17, 15) is 13.2 Å². The maximum atomic E-state index is 12.9. The summed E-state index contributed by atoms with van der Waals surface area (Å²) in [7, 11) is 0. The zero-order valence-corrected chi connectivity index (χ0v) is 10.3. The first-order valence-corrected chi connectivity index (χ1v) is 6.17. The monoisotopic (exact) mass is 283 g/mol. The third-order valence-electron chi connectivity index (χ3n) is 2.40. The van der Waals surface area contributed by atoms with Gasteiger partial charge in [0.15, 0.2) is 0 Å². The van der Waals surface area contributed by atoms with Crippen molar-refractivity contribution in [3.8, 4) is 6.07 Å². The van der Waals surface area contributed by atoms with Crippen molar-refractivity contribution in [3.63, 3.8) is 0 Å². The molecule has 1 aromatic heterocycles. The number of alkyl halides is 3. The Hall–Kier alpha value is -2.07. The van der Waals surface area contributed by atoms with Crippen molar-refractivity contribution in [1.29, 1.82) is 5.26 Å². The number of thiazole rings is 1. The fourth-order valence-corrected chi connectivity index (χ4v) is 2.07. The van der Waals surface area contributed by atoms with E-state index in [0.29, 0.717) is 5.69 Å². The Balaban J connectivity index is 2.27. The predicted molar refractivity (Wildman–Crippen MR) is 65.6 cm³/mol. The molecular formula is C12H8F3N3S. The number of rotatable bonds is 3. The molecule has 0 spiro atoms. The Bertz CT molecular complexity index is 600. The molecule has 0 atom stereocenters. The number of aromatic nitrogens is 1. The molecule has 0 unspecified atom stereocenters. The van der Waals surface area contributed by atoms with Crippen LogP contribution in [0.25, 0.3) is 0 Å². The van der Waals surface area contributed by atoms with Gasteiger partial charge in [0.05, 0.1) is 34.9 Å². The van der Waals surface area contributed by atoms with E-state index in [-0.39, 0.29) is 17.8 Å². The molecule has 0 fully saturated rings. The summed E-state index contributed by atoms with van der Waals surface area (Å²) >= 11 is 1.37. The highest BCUT2D eigenvalue weighted by molar-refractivity contribution is 7.07. The lowest BCUT2D eigenvalue weighted by molar-refractivity contribution is -0.137. The number of hydrogen-bond acceptors (Lipinski definition) is 4. The third-order valence-corrected chi connectivity index (χ3v) is 3.03. The SMILES string of the molecule is N#Cc1ccc(NCc2cscn2)c(C(F)(F)F)c1. The van der Waals surface area contributed by atoms with Crippen LogP contribution in [0.1, 0.15) is 16.8 Å². The van der Waals surface area contributed by atoms with Crippen molar-refractivity contribution in [1.82, 2.24) is 4.98 Å². The van der Waals surface area contributed by atoms with Gasteiger partial charge in [-0.2, -0.15) is 18.4 Å². The molecular weight excluding hydrogens is 275 g/mol. The quantitative estimate of drug-likeness (QED) is 0.935. The number of nitriles is 1. The van der Waals surface area contributed by atoms with E-state index in [1.165, 1.54) is 23.5 Å². The van der Waals surface area contributed by atoms with Crippen molar-refractivity contribution in [2.75, 3.05) is 5.32 Å². The minimum Gasteiger partial charge on any atom is -0.379 e. The second-order valence-corrected chi connectivity index (χ2v) is 4.42. The highest BCUT2D eigenvalue weighted by Gasteiger charge is 2.33. The van der Waals surface area contributed by atoms with E-state index in [2.05, 4.69) is 10.3 Å². The number of benzene rings is 1. The Kier molecular flexibility index (Phi) is 3.71. The first kappa shape index (κ1) is 13.4. The average Bonchev–Trinajstić information content (AvgIpc) is 2.88. The molecule has 1 aromatic carbocycles. The first-order valence-electron chi connectivity index (χ1n) is 5.23. The van der Waals surface area contributed by atoms with Crippen LogP contribution in [0.2, 0.25) is 0 Å². The smallest absolute Gasteiger partial charge is 0.379 e. The van der Waals surface area contributed by atoms with Crippen molar-refractivity contribution in [2.24, 2.45) is 0 Å². The summed E-state index contributed by atoms with van der Waals surface area (Å²) in [6.07, 6.45) is -4.50. The van der Waals surface area contributed by atoms with Gasteiger partial charge in [0.2, 0.25) is 0 Å². The lowest BCUT2D eigenvalue weighted by Crippen LogP contribution is -2.11. The normalized spacial score (nSPS) is 11.1. The van der Waals surface area contributed by atoms with Gasteiger partial charge in [-0.15, -0.1) is 11.3 Å². The largest absolute Gasteiger partial charge is 0.418 e. The maximum Gasteiger partial charge on any atom is 0.418 e. The van der Waals surface area contributed by atoms with Gasteiger partial charge in [0.1, 0.15) is 0 Å². The van der Waals surface area contributed by atoms with Crippen molar-refractivity contribution >= 4 is 17.0 Å². The molecule has 2 rings (SSSR count). The number of halogens is 3. The summed E-state index contributed by atoms with van der Waals surface area (Å²) in [5.41, 5.74) is 1.36. The fraction of sp³-hybridized carbons (Fsp3) is 0.167. The summed E-state index contributed by atoms with van der Waals surface area (Å²) in [6.45, 7) is 0.207.